The minimum absolute atomic E-state index is 0.0521. The summed E-state index contributed by atoms with van der Waals surface area (Å²) >= 11 is 2.81. The summed E-state index contributed by atoms with van der Waals surface area (Å²) in [7, 11) is 0. The standard InChI is InChI=1S/C13H15N5O3S2/c1-3-9(21-11(20)8-7-14-5-6-15-8)10(19)16-12-17-18-13(23-12)22-4-2/h5-7,9H,3-4H2,1-2H3,(H,16,17,19). The molecule has 8 nitrogen and oxygen atoms in total. The highest BCUT2D eigenvalue weighted by molar-refractivity contribution is 8.01. The maximum atomic E-state index is 12.2. The summed E-state index contributed by atoms with van der Waals surface area (Å²) < 4.78 is 5.94. The Morgan fingerprint density at radius 1 is 1.35 bits per heavy atom. The fourth-order valence-corrected chi connectivity index (χ4v) is 3.20. The molecule has 0 spiro atoms. The fourth-order valence-electron chi connectivity index (χ4n) is 1.54. The Morgan fingerprint density at radius 2 is 2.17 bits per heavy atom. The summed E-state index contributed by atoms with van der Waals surface area (Å²) in [5.41, 5.74) is 0.0521. The average Bonchev–Trinajstić information content (AvgIpc) is 3.00. The van der Waals surface area contributed by atoms with E-state index in [-0.39, 0.29) is 5.69 Å². The molecule has 2 aromatic rings. The number of nitrogens with one attached hydrogen (secondary N) is 1. The smallest absolute Gasteiger partial charge is 0.359 e. The van der Waals surface area contributed by atoms with Crippen molar-refractivity contribution in [3.05, 3.63) is 24.3 Å². The van der Waals surface area contributed by atoms with Crippen molar-refractivity contribution in [3.8, 4) is 0 Å². The number of aromatic nitrogens is 4. The van der Waals surface area contributed by atoms with E-state index >= 15 is 0 Å². The topological polar surface area (TPSA) is 107 Å². The van der Waals surface area contributed by atoms with E-state index in [0.717, 1.165) is 10.1 Å². The van der Waals surface area contributed by atoms with Crippen LogP contribution >= 0.6 is 23.1 Å². The van der Waals surface area contributed by atoms with E-state index in [2.05, 4.69) is 25.5 Å². The first-order valence-electron chi connectivity index (χ1n) is 6.88. The number of esters is 1. The molecule has 10 heteroatoms. The number of carbonyl (C=O) groups excluding carboxylic acids is 2. The minimum Gasteiger partial charge on any atom is -0.447 e. The number of rotatable bonds is 7. The van der Waals surface area contributed by atoms with Crippen molar-refractivity contribution in [2.75, 3.05) is 11.1 Å². The molecule has 1 N–H and O–H groups in total. The number of hydrogen-bond donors (Lipinski definition) is 1. The van der Waals surface area contributed by atoms with Gasteiger partial charge in [-0.3, -0.25) is 15.1 Å². The van der Waals surface area contributed by atoms with Crippen LogP contribution in [0.3, 0.4) is 0 Å². The lowest BCUT2D eigenvalue weighted by Gasteiger charge is -2.14. The van der Waals surface area contributed by atoms with Gasteiger partial charge in [-0.05, 0) is 12.2 Å². The molecule has 0 saturated heterocycles. The number of carbonyl (C=O) groups is 2. The molecule has 1 amide bonds. The normalized spacial score (nSPS) is 11.7. The van der Waals surface area contributed by atoms with Crippen LogP contribution in [0.25, 0.3) is 0 Å². The molecular weight excluding hydrogens is 338 g/mol. The Kier molecular flexibility index (Phi) is 6.41. The first-order valence-corrected chi connectivity index (χ1v) is 8.68. The van der Waals surface area contributed by atoms with Gasteiger partial charge in [-0.15, -0.1) is 10.2 Å². The molecule has 1 atom stereocenters. The highest BCUT2D eigenvalue weighted by atomic mass is 32.2. The van der Waals surface area contributed by atoms with Crippen LogP contribution < -0.4 is 5.32 Å². The molecule has 2 heterocycles. The first-order chi connectivity index (χ1) is 11.1. The molecule has 0 radical (unpaired) electrons. The Morgan fingerprint density at radius 3 is 2.83 bits per heavy atom. The Balaban J connectivity index is 1.96. The molecule has 2 rings (SSSR count). The van der Waals surface area contributed by atoms with Crippen LogP contribution in [0.4, 0.5) is 5.13 Å². The third-order valence-electron chi connectivity index (χ3n) is 2.59. The van der Waals surface area contributed by atoms with E-state index in [1.165, 1.54) is 41.7 Å². The number of nitrogens with zero attached hydrogens (tertiary/aromatic N) is 4. The zero-order chi connectivity index (χ0) is 16.7. The zero-order valence-electron chi connectivity index (χ0n) is 12.6. The number of hydrogen-bond acceptors (Lipinski definition) is 9. The third-order valence-corrected chi connectivity index (χ3v) is 4.44. The highest BCUT2D eigenvalue weighted by Gasteiger charge is 2.23. The Bertz CT molecular complexity index is 665. The van der Waals surface area contributed by atoms with Gasteiger partial charge in [0, 0.05) is 12.4 Å². The largest absolute Gasteiger partial charge is 0.447 e. The lowest BCUT2D eigenvalue weighted by atomic mass is 10.2. The van der Waals surface area contributed by atoms with Crippen LogP contribution in [0.15, 0.2) is 22.9 Å². The molecule has 0 aliphatic heterocycles. The maximum Gasteiger partial charge on any atom is 0.359 e. The van der Waals surface area contributed by atoms with Crippen LogP contribution in [0.1, 0.15) is 30.8 Å². The van der Waals surface area contributed by atoms with E-state index in [4.69, 9.17) is 4.74 Å². The van der Waals surface area contributed by atoms with Crippen molar-refractivity contribution in [1.29, 1.82) is 0 Å². The first kappa shape index (κ1) is 17.3. The van der Waals surface area contributed by atoms with Gasteiger partial charge in [0.2, 0.25) is 5.13 Å². The lowest BCUT2D eigenvalue weighted by Crippen LogP contribution is -2.32. The Hall–Kier alpha value is -2.07. The predicted molar refractivity (Wildman–Crippen MR) is 86.5 cm³/mol. The molecule has 122 valence electrons. The van der Waals surface area contributed by atoms with E-state index in [1.54, 1.807) is 6.92 Å². The van der Waals surface area contributed by atoms with Crippen molar-refractivity contribution in [2.24, 2.45) is 0 Å². The third kappa shape index (κ3) is 4.96. The number of thioether (sulfide) groups is 1. The fraction of sp³-hybridized carbons (Fsp3) is 0.385. The molecule has 0 aromatic carbocycles. The molecule has 0 aliphatic carbocycles. The molecule has 23 heavy (non-hydrogen) atoms. The summed E-state index contributed by atoms with van der Waals surface area (Å²) in [4.78, 5) is 31.7. The predicted octanol–water partition coefficient (Wildman–Crippen LogP) is 2.01. The van der Waals surface area contributed by atoms with E-state index in [9.17, 15) is 9.59 Å². The number of anilines is 1. The molecule has 2 aromatic heterocycles. The van der Waals surface area contributed by atoms with Crippen LogP contribution in [-0.4, -0.2) is 43.9 Å². The average molecular weight is 353 g/mol. The maximum absolute atomic E-state index is 12.2. The van der Waals surface area contributed by atoms with Crippen molar-refractivity contribution < 1.29 is 14.3 Å². The molecule has 0 aliphatic rings. The summed E-state index contributed by atoms with van der Waals surface area (Å²) in [5.74, 6) is -0.274. The van der Waals surface area contributed by atoms with Crippen molar-refractivity contribution in [2.45, 2.75) is 30.7 Å². The Labute approximate surface area is 141 Å². The van der Waals surface area contributed by atoms with Gasteiger partial charge in [0.05, 0.1) is 6.20 Å². The number of amides is 1. The van der Waals surface area contributed by atoms with Gasteiger partial charge >= 0.3 is 5.97 Å². The summed E-state index contributed by atoms with van der Waals surface area (Å²) in [6, 6.07) is 0. The van der Waals surface area contributed by atoms with Crippen molar-refractivity contribution in [1.82, 2.24) is 20.2 Å². The van der Waals surface area contributed by atoms with Crippen LogP contribution in [0.2, 0.25) is 0 Å². The highest BCUT2D eigenvalue weighted by Crippen LogP contribution is 2.25. The van der Waals surface area contributed by atoms with Gasteiger partial charge in [0.25, 0.3) is 5.91 Å². The second-order valence-corrected chi connectivity index (χ2v) is 6.68. The van der Waals surface area contributed by atoms with Gasteiger partial charge in [-0.25, -0.2) is 9.78 Å². The van der Waals surface area contributed by atoms with Gasteiger partial charge in [0.1, 0.15) is 0 Å². The van der Waals surface area contributed by atoms with Gasteiger partial charge in [0.15, 0.2) is 16.1 Å². The van der Waals surface area contributed by atoms with E-state index in [1.807, 2.05) is 6.92 Å². The van der Waals surface area contributed by atoms with E-state index < -0.39 is 18.0 Å². The summed E-state index contributed by atoms with van der Waals surface area (Å²) in [5, 5.41) is 10.8. The molecule has 0 bridgehead atoms. The second-order valence-electron chi connectivity index (χ2n) is 4.19. The molecule has 0 saturated carbocycles. The van der Waals surface area contributed by atoms with Crippen LogP contribution in [-0.2, 0) is 9.53 Å². The molecular formula is C13H15N5O3S2. The number of ether oxygens (including phenoxy) is 1. The van der Waals surface area contributed by atoms with Crippen molar-refractivity contribution >= 4 is 40.1 Å². The molecule has 1 unspecified atom stereocenters. The minimum atomic E-state index is -0.935. The summed E-state index contributed by atoms with van der Waals surface area (Å²) in [6.45, 7) is 3.75. The lowest BCUT2D eigenvalue weighted by molar-refractivity contribution is -0.124. The SMILES string of the molecule is CCSc1nnc(NC(=O)C(CC)OC(=O)c2cnccn2)s1. The van der Waals surface area contributed by atoms with Gasteiger partial charge in [-0.2, -0.15) is 0 Å². The monoisotopic (exact) mass is 353 g/mol. The second kappa shape index (κ2) is 8.53. The van der Waals surface area contributed by atoms with Gasteiger partial charge < -0.3 is 4.74 Å². The quantitative estimate of drug-likeness (QED) is 0.458. The zero-order valence-corrected chi connectivity index (χ0v) is 14.2. The van der Waals surface area contributed by atoms with Gasteiger partial charge in [-0.1, -0.05) is 36.9 Å². The van der Waals surface area contributed by atoms with Crippen LogP contribution in [0.5, 0.6) is 0 Å². The van der Waals surface area contributed by atoms with E-state index in [0.29, 0.717) is 11.6 Å². The van der Waals surface area contributed by atoms with Crippen LogP contribution in [0, 0.1) is 0 Å². The van der Waals surface area contributed by atoms with Crippen molar-refractivity contribution in [3.63, 3.8) is 0 Å². The summed E-state index contributed by atoms with van der Waals surface area (Å²) in [6.07, 6.45) is 3.50. The molecule has 0 fully saturated rings.